The van der Waals surface area contributed by atoms with Crippen molar-refractivity contribution in [1.29, 1.82) is 0 Å². The van der Waals surface area contributed by atoms with E-state index in [2.05, 4.69) is 29.4 Å². The standard InChI is InChI=1S/C16H20N2O/c1-2-13-3-5-15(6-4-13)16(19)12-18-11-14-7-9-17-10-8-14/h3-10,16,18-19H,2,11-12H2,1H3. The second-order valence-corrected chi connectivity index (χ2v) is 4.60. The van der Waals surface area contributed by atoms with Crippen LogP contribution in [0.25, 0.3) is 0 Å². The minimum Gasteiger partial charge on any atom is -0.387 e. The van der Waals surface area contributed by atoms with E-state index in [1.165, 1.54) is 11.1 Å². The zero-order chi connectivity index (χ0) is 13.5. The maximum absolute atomic E-state index is 10.1. The van der Waals surface area contributed by atoms with E-state index in [1.54, 1.807) is 12.4 Å². The molecule has 0 radical (unpaired) electrons. The summed E-state index contributed by atoms with van der Waals surface area (Å²) in [5, 5.41) is 13.3. The number of nitrogens with zero attached hydrogens (tertiary/aromatic N) is 1. The van der Waals surface area contributed by atoms with Gasteiger partial charge in [-0.2, -0.15) is 0 Å². The first-order valence-corrected chi connectivity index (χ1v) is 6.66. The van der Waals surface area contributed by atoms with E-state index in [4.69, 9.17) is 0 Å². The highest BCUT2D eigenvalue weighted by Crippen LogP contribution is 2.13. The highest BCUT2D eigenvalue weighted by atomic mass is 16.3. The van der Waals surface area contributed by atoms with Crippen molar-refractivity contribution in [3.05, 3.63) is 65.5 Å². The van der Waals surface area contributed by atoms with E-state index in [9.17, 15) is 5.11 Å². The van der Waals surface area contributed by atoms with Crippen LogP contribution < -0.4 is 5.32 Å². The lowest BCUT2D eigenvalue weighted by Gasteiger charge is -2.12. The van der Waals surface area contributed by atoms with Crippen molar-refractivity contribution in [2.45, 2.75) is 26.0 Å². The molecule has 1 heterocycles. The molecule has 1 atom stereocenters. The van der Waals surface area contributed by atoms with Gasteiger partial charge < -0.3 is 10.4 Å². The van der Waals surface area contributed by atoms with Crippen LogP contribution in [0.1, 0.15) is 29.7 Å². The lowest BCUT2D eigenvalue weighted by atomic mass is 10.1. The largest absolute Gasteiger partial charge is 0.387 e. The molecule has 0 saturated heterocycles. The Bertz CT molecular complexity index is 482. The van der Waals surface area contributed by atoms with Gasteiger partial charge in [-0.05, 0) is 35.2 Å². The summed E-state index contributed by atoms with van der Waals surface area (Å²) >= 11 is 0. The fourth-order valence-corrected chi connectivity index (χ4v) is 1.95. The molecule has 0 fully saturated rings. The molecule has 1 aromatic heterocycles. The number of aliphatic hydroxyl groups excluding tert-OH is 1. The maximum atomic E-state index is 10.1. The zero-order valence-corrected chi connectivity index (χ0v) is 11.2. The van der Waals surface area contributed by atoms with Gasteiger partial charge in [0.2, 0.25) is 0 Å². The summed E-state index contributed by atoms with van der Waals surface area (Å²) < 4.78 is 0. The Balaban J connectivity index is 1.82. The molecule has 100 valence electrons. The number of aromatic nitrogens is 1. The van der Waals surface area contributed by atoms with Crippen LogP contribution in [0.4, 0.5) is 0 Å². The Morgan fingerprint density at radius 2 is 1.74 bits per heavy atom. The molecule has 0 bridgehead atoms. The third kappa shape index (κ3) is 4.16. The molecule has 0 aliphatic heterocycles. The molecule has 2 N–H and O–H groups in total. The van der Waals surface area contributed by atoms with Gasteiger partial charge in [-0.3, -0.25) is 4.98 Å². The first-order chi connectivity index (χ1) is 9.29. The van der Waals surface area contributed by atoms with Crippen LogP contribution in [0.2, 0.25) is 0 Å². The second-order valence-electron chi connectivity index (χ2n) is 4.60. The quantitative estimate of drug-likeness (QED) is 0.834. The summed E-state index contributed by atoms with van der Waals surface area (Å²) in [5.41, 5.74) is 3.42. The van der Waals surface area contributed by atoms with E-state index in [0.717, 1.165) is 18.5 Å². The van der Waals surface area contributed by atoms with Crippen LogP contribution in [0.3, 0.4) is 0 Å². The molecule has 0 aliphatic carbocycles. The Hall–Kier alpha value is -1.71. The third-order valence-electron chi connectivity index (χ3n) is 3.19. The summed E-state index contributed by atoms with van der Waals surface area (Å²) in [6.45, 7) is 3.42. The molecule has 0 spiro atoms. The van der Waals surface area contributed by atoms with Crippen LogP contribution in [-0.2, 0) is 13.0 Å². The molecule has 2 aromatic rings. The van der Waals surface area contributed by atoms with Crippen molar-refractivity contribution in [2.24, 2.45) is 0 Å². The Labute approximate surface area is 114 Å². The predicted octanol–water partition coefficient (Wildman–Crippen LogP) is 2.47. The number of rotatable bonds is 6. The van der Waals surface area contributed by atoms with Gasteiger partial charge in [0.15, 0.2) is 0 Å². The van der Waals surface area contributed by atoms with Crippen molar-refractivity contribution >= 4 is 0 Å². The monoisotopic (exact) mass is 256 g/mol. The summed E-state index contributed by atoms with van der Waals surface area (Å²) in [4.78, 5) is 3.98. The average molecular weight is 256 g/mol. The highest BCUT2D eigenvalue weighted by Gasteiger charge is 2.06. The van der Waals surface area contributed by atoms with Gasteiger partial charge in [0, 0.05) is 25.5 Å². The van der Waals surface area contributed by atoms with Gasteiger partial charge in [-0.25, -0.2) is 0 Å². The van der Waals surface area contributed by atoms with Gasteiger partial charge in [-0.1, -0.05) is 31.2 Å². The molecule has 19 heavy (non-hydrogen) atoms. The molecule has 0 saturated carbocycles. The molecule has 3 heteroatoms. The van der Waals surface area contributed by atoms with Gasteiger partial charge >= 0.3 is 0 Å². The van der Waals surface area contributed by atoms with Crippen LogP contribution >= 0.6 is 0 Å². The first-order valence-electron chi connectivity index (χ1n) is 6.66. The highest BCUT2D eigenvalue weighted by molar-refractivity contribution is 5.24. The van der Waals surface area contributed by atoms with E-state index < -0.39 is 6.10 Å². The molecular weight excluding hydrogens is 236 g/mol. The molecule has 0 aliphatic rings. The summed E-state index contributed by atoms with van der Waals surface area (Å²) in [6.07, 6.45) is 4.11. The van der Waals surface area contributed by atoms with Crippen molar-refractivity contribution in [2.75, 3.05) is 6.54 Å². The van der Waals surface area contributed by atoms with Crippen LogP contribution in [0.5, 0.6) is 0 Å². The lowest BCUT2D eigenvalue weighted by molar-refractivity contribution is 0.174. The molecule has 3 nitrogen and oxygen atoms in total. The number of pyridine rings is 1. The van der Waals surface area contributed by atoms with Gasteiger partial charge in [0.1, 0.15) is 0 Å². The number of benzene rings is 1. The van der Waals surface area contributed by atoms with E-state index in [1.807, 2.05) is 24.3 Å². The SMILES string of the molecule is CCc1ccc(C(O)CNCc2ccncc2)cc1. The van der Waals surface area contributed by atoms with Crippen molar-refractivity contribution in [3.63, 3.8) is 0 Å². The Kier molecular flexibility index (Phi) is 5.07. The van der Waals surface area contributed by atoms with Crippen molar-refractivity contribution < 1.29 is 5.11 Å². The predicted molar refractivity (Wildman–Crippen MR) is 76.7 cm³/mol. The second kappa shape index (κ2) is 7.02. The van der Waals surface area contributed by atoms with E-state index in [0.29, 0.717) is 6.54 Å². The summed E-state index contributed by atoms with van der Waals surface area (Å²) in [5.74, 6) is 0. The zero-order valence-electron chi connectivity index (χ0n) is 11.2. The molecule has 1 aromatic carbocycles. The minimum absolute atomic E-state index is 0.465. The number of aryl methyl sites for hydroxylation is 1. The number of nitrogens with one attached hydrogen (secondary N) is 1. The first kappa shape index (κ1) is 13.7. The number of hydrogen-bond acceptors (Lipinski definition) is 3. The fourth-order valence-electron chi connectivity index (χ4n) is 1.95. The number of hydrogen-bond donors (Lipinski definition) is 2. The Morgan fingerprint density at radius 3 is 2.37 bits per heavy atom. The molecule has 2 rings (SSSR count). The molecular formula is C16H20N2O. The smallest absolute Gasteiger partial charge is 0.0914 e. The van der Waals surface area contributed by atoms with Crippen LogP contribution in [0, 0.1) is 0 Å². The lowest BCUT2D eigenvalue weighted by Crippen LogP contribution is -2.21. The fraction of sp³-hybridized carbons (Fsp3) is 0.312. The topological polar surface area (TPSA) is 45.1 Å². The molecule has 0 amide bonds. The van der Waals surface area contributed by atoms with Crippen LogP contribution in [0.15, 0.2) is 48.8 Å². The van der Waals surface area contributed by atoms with Crippen molar-refractivity contribution in [3.8, 4) is 0 Å². The number of aliphatic hydroxyl groups is 1. The van der Waals surface area contributed by atoms with Crippen LogP contribution in [-0.4, -0.2) is 16.6 Å². The van der Waals surface area contributed by atoms with Gasteiger partial charge in [0.05, 0.1) is 6.10 Å². The van der Waals surface area contributed by atoms with Gasteiger partial charge in [0.25, 0.3) is 0 Å². The Morgan fingerprint density at radius 1 is 1.05 bits per heavy atom. The normalized spacial score (nSPS) is 12.3. The third-order valence-corrected chi connectivity index (χ3v) is 3.19. The van der Waals surface area contributed by atoms with E-state index in [-0.39, 0.29) is 0 Å². The van der Waals surface area contributed by atoms with Crippen molar-refractivity contribution in [1.82, 2.24) is 10.3 Å². The molecule has 1 unspecified atom stereocenters. The van der Waals surface area contributed by atoms with Gasteiger partial charge in [-0.15, -0.1) is 0 Å². The minimum atomic E-state index is -0.465. The summed E-state index contributed by atoms with van der Waals surface area (Å²) in [6, 6.07) is 12.1. The van der Waals surface area contributed by atoms with E-state index >= 15 is 0 Å². The summed E-state index contributed by atoms with van der Waals surface area (Å²) in [7, 11) is 0. The maximum Gasteiger partial charge on any atom is 0.0914 e. The average Bonchev–Trinajstić information content (AvgIpc) is 2.48.